The number of aromatic nitrogens is 2. The van der Waals surface area contributed by atoms with E-state index in [0.717, 1.165) is 0 Å². The fraction of sp³-hybridized carbons (Fsp3) is 0.167. The highest BCUT2D eigenvalue weighted by Crippen LogP contribution is 2.18. The molecule has 5 nitrogen and oxygen atoms in total. The van der Waals surface area contributed by atoms with Gasteiger partial charge in [-0.3, -0.25) is 14.3 Å². The lowest BCUT2D eigenvalue weighted by Crippen LogP contribution is -2.30. The molecule has 0 amide bonds. The van der Waals surface area contributed by atoms with Gasteiger partial charge in [0.15, 0.2) is 11.6 Å². The van der Waals surface area contributed by atoms with Gasteiger partial charge in [0, 0.05) is 6.20 Å². The first kappa shape index (κ1) is 13.5. The summed E-state index contributed by atoms with van der Waals surface area (Å²) >= 11 is 3.03. The molecule has 0 aliphatic heterocycles. The highest BCUT2D eigenvalue weighted by Gasteiger charge is 2.06. The second-order valence-electron chi connectivity index (χ2n) is 3.83. The summed E-state index contributed by atoms with van der Waals surface area (Å²) in [5.41, 5.74) is -0.467. The van der Waals surface area contributed by atoms with Crippen molar-refractivity contribution in [3.05, 3.63) is 61.1 Å². The molecule has 19 heavy (non-hydrogen) atoms. The molecule has 0 saturated heterocycles. The van der Waals surface area contributed by atoms with E-state index >= 15 is 0 Å². The zero-order valence-corrected chi connectivity index (χ0v) is 11.5. The molecule has 7 heteroatoms. The van der Waals surface area contributed by atoms with E-state index in [1.54, 1.807) is 6.07 Å². The largest absolute Gasteiger partial charge is 0.494 e. The monoisotopic (exact) mass is 328 g/mol. The molecule has 0 fully saturated rings. The summed E-state index contributed by atoms with van der Waals surface area (Å²) in [5, 5.41) is 0. The van der Waals surface area contributed by atoms with Crippen LogP contribution in [0.1, 0.15) is 5.56 Å². The quantitative estimate of drug-likeness (QED) is 0.928. The van der Waals surface area contributed by atoms with E-state index in [-0.39, 0.29) is 16.8 Å². The van der Waals surface area contributed by atoms with Crippen molar-refractivity contribution in [2.75, 3.05) is 7.11 Å². The fourth-order valence-corrected chi connectivity index (χ4v) is 1.95. The van der Waals surface area contributed by atoms with Crippen LogP contribution in [0.25, 0.3) is 0 Å². The molecule has 2 aromatic rings. The van der Waals surface area contributed by atoms with Crippen LogP contribution in [0.3, 0.4) is 0 Å². The fourth-order valence-electron chi connectivity index (χ4n) is 1.61. The van der Waals surface area contributed by atoms with Gasteiger partial charge >= 0.3 is 5.69 Å². The Hall–Kier alpha value is -1.89. The number of hydrogen-bond donors (Lipinski definition) is 1. The highest BCUT2D eigenvalue weighted by molar-refractivity contribution is 9.10. The number of aromatic amines is 1. The Morgan fingerprint density at radius 1 is 1.42 bits per heavy atom. The van der Waals surface area contributed by atoms with Gasteiger partial charge in [-0.05, 0) is 33.6 Å². The summed E-state index contributed by atoms with van der Waals surface area (Å²) < 4.78 is 19.8. The predicted molar refractivity (Wildman–Crippen MR) is 71.1 cm³/mol. The van der Waals surface area contributed by atoms with Crippen LogP contribution in [0.4, 0.5) is 4.39 Å². The summed E-state index contributed by atoms with van der Waals surface area (Å²) in [7, 11) is 1.38. The van der Waals surface area contributed by atoms with Crippen molar-refractivity contribution < 1.29 is 9.13 Å². The van der Waals surface area contributed by atoms with E-state index < -0.39 is 17.1 Å². The first-order valence-electron chi connectivity index (χ1n) is 5.33. The Balaban J connectivity index is 2.36. The maximum absolute atomic E-state index is 13.5. The number of benzene rings is 1. The lowest BCUT2D eigenvalue weighted by atomic mass is 10.2. The maximum atomic E-state index is 13.5. The SMILES string of the molecule is COc1ccc(Cn2cc(Br)c(=O)[nH]c2=O)cc1F. The van der Waals surface area contributed by atoms with Gasteiger partial charge < -0.3 is 4.74 Å². The number of methoxy groups -OCH3 is 1. The van der Waals surface area contributed by atoms with Crippen molar-refractivity contribution in [3.8, 4) is 5.75 Å². The number of ether oxygens (including phenoxy) is 1. The van der Waals surface area contributed by atoms with Gasteiger partial charge in [-0.2, -0.15) is 0 Å². The molecule has 0 unspecified atom stereocenters. The minimum Gasteiger partial charge on any atom is -0.494 e. The van der Waals surface area contributed by atoms with Crippen molar-refractivity contribution in [2.45, 2.75) is 6.54 Å². The van der Waals surface area contributed by atoms with E-state index in [9.17, 15) is 14.0 Å². The lowest BCUT2D eigenvalue weighted by Gasteiger charge is -2.07. The number of nitrogens with one attached hydrogen (secondary N) is 1. The minimum absolute atomic E-state index is 0.138. The van der Waals surface area contributed by atoms with Crippen molar-refractivity contribution >= 4 is 15.9 Å². The molecule has 0 aliphatic carbocycles. The highest BCUT2D eigenvalue weighted by atomic mass is 79.9. The Morgan fingerprint density at radius 2 is 2.16 bits per heavy atom. The smallest absolute Gasteiger partial charge is 0.328 e. The second-order valence-corrected chi connectivity index (χ2v) is 4.69. The predicted octanol–water partition coefficient (Wildman–Crippen LogP) is 1.50. The zero-order chi connectivity index (χ0) is 14.0. The van der Waals surface area contributed by atoms with Gasteiger partial charge in [-0.1, -0.05) is 6.07 Å². The number of H-pyrrole nitrogens is 1. The summed E-state index contributed by atoms with van der Waals surface area (Å²) in [6.45, 7) is 0.148. The third kappa shape index (κ3) is 2.93. The molecule has 0 bridgehead atoms. The van der Waals surface area contributed by atoms with E-state index in [4.69, 9.17) is 4.74 Å². The van der Waals surface area contributed by atoms with Crippen LogP contribution >= 0.6 is 15.9 Å². The van der Waals surface area contributed by atoms with Crippen molar-refractivity contribution in [1.82, 2.24) is 9.55 Å². The first-order valence-corrected chi connectivity index (χ1v) is 6.12. The van der Waals surface area contributed by atoms with Crippen LogP contribution < -0.4 is 16.0 Å². The average Bonchev–Trinajstić information content (AvgIpc) is 2.36. The normalized spacial score (nSPS) is 10.5. The molecule has 0 radical (unpaired) electrons. The molecular formula is C12H10BrFN2O3. The third-order valence-corrected chi connectivity index (χ3v) is 3.10. The Kier molecular flexibility index (Phi) is 3.84. The van der Waals surface area contributed by atoms with Crippen LogP contribution in [-0.2, 0) is 6.54 Å². The molecule has 1 aromatic carbocycles. The van der Waals surface area contributed by atoms with Crippen LogP contribution in [0.5, 0.6) is 5.75 Å². The average molecular weight is 329 g/mol. The number of nitrogens with zero attached hydrogens (tertiary/aromatic N) is 1. The van der Waals surface area contributed by atoms with E-state index in [0.29, 0.717) is 5.56 Å². The summed E-state index contributed by atoms with van der Waals surface area (Å²) in [5.74, 6) is -0.365. The Labute approximate surface area is 115 Å². The summed E-state index contributed by atoms with van der Waals surface area (Å²) in [4.78, 5) is 24.9. The second kappa shape index (κ2) is 5.40. The van der Waals surface area contributed by atoms with Crippen LogP contribution in [0.15, 0.2) is 38.5 Å². The topological polar surface area (TPSA) is 64.1 Å². The third-order valence-electron chi connectivity index (χ3n) is 2.54. The van der Waals surface area contributed by atoms with Crippen molar-refractivity contribution in [3.63, 3.8) is 0 Å². The van der Waals surface area contributed by atoms with Gasteiger partial charge in [-0.15, -0.1) is 0 Å². The zero-order valence-electron chi connectivity index (χ0n) is 9.94. The molecule has 0 spiro atoms. The molecule has 1 N–H and O–H groups in total. The van der Waals surface area contributed by atoms with Gasteiger partial charge in [0.25, 0.3) is 5.56 Å². The summed E-state index contributed by atoms with van der Waals surface area (Å²) in [6, 6.07) is 4.41. The van der Waals surface area contributed by atoms with Gasteiger partial charge in [0.1, 0.15) is 0 Å². The first-order chi connectivity index (χ1) is 9.01. The standard InChI is InChI=1S/C12H10BrFN2O3/c1-19-10-3-2-7(4-9(10)14)5-16-6-8(13)11(17)15-12(16)18/h2-4,6H,5H2,1H3,(H,15,17,18). The van der Waals surface area contributed by atoms with Crippen molar-refractivity contribution in [2.24, 2.45) is 0 Å². The Morgan fingerprint density at radius 3 is 2.79 bits per heavy atom. The van der Waals surface area contributed by atoms with Crippen LogP contribution in [0, 0.1) is 5.82 Å². The van der Waals surface area contributed by atoms with E-state index in [1.165, 1.54) is 30.0 Å². The van der Waals surface area contributed by atoms with Crippen LogP contribution in [-0.4, -0.2) is 16.7 Å². The number of hydrogen-bond acceptors (Lipinski definition) is 3. The van der Waals surface area contributed by atoms with Gasteiger partial charge in [-0.25, -0.2) is 9.18 Å². The molecule has 1 aromatic heterocycles. The molecule has 0 aliphatic rings. The molecule has 1 heterocycles. The maximum Gasteiger partial charge on any atom is 0.328 e. The molecule has 0 atom stereocenters. The minimum atomic E-state index is -0.551. The number of halogens is 2. The van der Waals surface area contributed by atoms with Gasteiger partial charge in [0.05, 0.1) is 18.1 Å². The molecule has 0 saturated carbocycles. The Bertz CT molecular complexity index is 724. The van der Waals surface area contributed by atoms with Crippen molar-refractivity contribution in [1.29, 1.82) is 0 Å². The van der Waals surface area contributed by atoms with E-state index in [1.807, 2.05) is 0 Å². The van der Waals surface area contributed by atoms with E-state index in [2.05, 4.69) is 20.9 Å². The van der Waals surface area contributed by atoms with Crippen LogP contribution in [0.2, 0.25) is 0 Å². The molecular weight excluding hydrogens is 319 g/mol. The molecule has 2 rings (SSSR count). The molecule has 100 valence electrons. The summed E-state index contributed by atoms with van der Waals surface area (Å²) in [6.07, 6.45) is 1.36. The number of rotatable bonds is 3. The lowest BCUT2D eigenvalue weighted by molar-refractivity contribution is 0.386. The van der Waals surface area contributed by atoms with Gasteiger partial charge in [0.2, 0.25) is 0 Å².